The number of rotatable bonds is 4. The standard InChI is InChI=1S/C26H24N4O3/c31-25-23(29-24(33-25)22-12-6-8-18-7-4-5-11-21(18)22)17-30-15-13-20(14-16-30)28-26(32)27-19-9-2-1-3-10-19/h1-12,17,20H,13-16H2,(H2,27,28,32)/b23-17+. The molecule has 5 rings (SSSR count). The van der Waals surface area contributed by atoms with E-state index in [4.69, 9.17) is 4.74 Å². The highest BCUT2D eigenvalue weighted by atomic mass is 16.6. The van der Waals surface area contributed by atoms with E-state index in [1.165, 1.54) is 0 Å². The number of esters is 1. The van der Waals surface area contributed by atoms with Crippen LogP contribution in [0.4, 0.5) is 10.5 Å². The first-order chi connectivity index (χ1) is 16.2. The molecular weight excluding hydrogens is 416 g/mol. The number of carbonyl (C=O) groups is 2. The summed E-state index contributed by atoms with van der Waals surface area (Å²) in [6.07, 6.45) is 3.32. The van der Waals surface area contributed by atoms with Gasteiger partial charge in [-0.3, -0.25) is 0 Å². The first-order valence-electron chi connectivity index (χ1n) is 11.0. The summed E-state index contributed by atoms with van der Waals surface area (Å²) in [5.41, 5.74) is 1.86. The van der Waals surface area contributed by atoms with Gasteiger partial charge < -0.3 is 20.3 Å². The largest absolute Gasteiger partial charge is 0.402 e. The third-order valence-electron chi connectivity index (χ3n) is 5.84. The Morgan fingerprint density at radius 1 is 0.970 bits per heavy atom. The molecule has 0 aromatic heterocycles. The van der Waals surface area contributed by atoms with Gasteiger partial charge in [0.1, 0.15) is 0 Å². The van der Waals surface area contributed by atoms with Gasteiger partial charge in [0.05, 0.1) is 0 Å². The van der Waals surface area contributed by atoms with Gasteiger partial charge in [-0.15, -0.1) is 0 Å². The topological polar surface area (TPSA) is 83.0 Å². The Labute approximate surface area is 191 Å². The second-order valence-electron chi connectivity index (χ2n) is 8.12. The van der Waals surface area contributed by atoms with Crippen LogP contribution in [0.25, 0.3) is 10.8 Å². The van der Waals surface area contributed by atoms with Crippen molar-refractivity contribution in [3.05, 3.63) is 90.3 Å². The lowest BCUT2D eigenvalue weighted by Crippen LogP contribution is -2.44. The predicted octanol–water partition coefficient (Wildman–Crippen LogP) is 4.27. The molecule has 0 unspecified atom stereocenters. The summed E-state index contributed by atoms with van der Waals surface area (Å²) in [5, 5.41) is 7.92. The van der Waals surface area contributed by atoms with Gasteiger partial charge in [0.15, 0.2) is 5.70 Å². The average Bonchev–Trinajstić information content (AvgIpc) is 3.20. The van der Waals surface area contributed by atoms with Crippen molar-refractivity contribution in [1.82, 2.24) is 10.2 Å². The number of nitrogens with one attached hydrogen (secondary N) is 2. The lowest BCUT2D eigenvalue weighted by molar-refractivity contribution is -0.130. The van der Waals surface area contributed by atoms with Crippen LogP contribution in [0.2, 0.25) is 0 Å². The van der Waals surface area contributed by atoms with E-state index in [1.54, 1.807) is 6.20 Å². The number of likely N-dealkylation sites (tertiary alicyclic amines) is 1. The smallest absolute Gasteiger partial charge is 0.365 e. The third-order valence-corrected chi connectivity index (χ3v) is 5.84. The number of nitrogens with zero attached hydrogens (tertiary/aromatic N) is 2. The summed E-state index contributed by atoms with van der Waals surface area (Å²) >= 11 is 0. The number of hydrogen-bond acceptors (Lipinski definition) is 5. The van der Waals surface area contributed by atoms with E-state index in [1.807, 2.05) is 72.8 Å². The highest BCUT2D eigenvalue weighted by Crippen LogP contribution is 2.24. The van der Waals surface area contributed by atoms with E-state index in [-0.39, 0.29) is 12.1 Å². The summed E-state index contributed by atoms with van der Waals surface area (Å²) in [5.74, 6) is -0.113. The van der Waals surface area contributed by atoms with Crippen molar-refractivity contribution < 1.29 is 14.3 Å². The van der Waals surface area contributed by atoms with Gasteiger partial charge in [-0.2, -0.15) is 0 Å². The van der Waals surface area contributed by atoms with Crippen molar-refractivity contribution in [3.63, 3.8) is 0 Å². The molecule has 2 aliphatic heterocycles. The van der Waals surface area contributed by atoms with Crippen molar-refractivity contribution in [1.29, 1.82) is 0 Å². The van der Waals surface area contributed by atoms with Crippen LogP contribution >= 0.6 is 0 Å². The molecule has 2 heterocycles. The minimum Gasteiger partial charge on any atom is -0.402 e. The van der Waals surface area contributed by atoms with E-state index in [0.717, 1.165) is 34.9 Å². The number of ether oxygens (including phenoxy) is 1. The summed E-state index contributed by atoms with van der Waals surface area (Å²) in [7, 11) is 0. The number of urea groups is 1. The van der Waals surface area contributed by atoms with Gasteiger partial charge in [0.2, 0.25) is 5.90 Å². The Morgan fingerprint density at radius 2 is 1.70 bits per heavy atom. The number of benzene rings is 3. The van der Waals surface area contributed by atoms with Crippen LogP contribution in [0.3, 0.4) is 0 Å². The number of anilines is 1. The van der Waals surface area contributed by atoms with Gasteiger partial charge in [0.25, 0.3) is 0 Å². The second kappa shape index (κ2) is 9.16. The number of cyclic esters (lactones) is 1. The molecule has 7 heteroatoms. The number of piperidine rings is 1. The summed E-state index contributed by atoms with van der Waals surface area (Å²) in [6.45, 7) is 1.43. The number of carbonyl (C=O) groups excluding carboxylic acids is 2. The molecule has 3 aromatic rings. The predicted molar refractivity (Wildman–Crippen MR) is 128 cm³/mol. The summed E-state index contributed by atoms with van der Waals surface area (Å²) in [6, 6.07) is 23.0. The molecule has 0 radical (unpaired) electrons. The van der Waals surface area contributed by atoms with Gasteiger partial charge in [-0.1, -0.05) is 54.6 Å². The van der Waals surface area contributed by atoms with Crippen molar-refractivity contribution in [2.75, 3.05) is 18.4 Å². The minimum atomic E-state index is -0.444. The quantitative estimate of drug-likeness (QED) is 0.469. The van der Waals surface area contributed by atoms with Crippen molar-refractivity contribution in [2.24, 2.45) is 4.99 Å². The molecule has 7 nitrogen and oxygen atoms in total. The lowest BCUT2D eigenvalue weighted by atomic mass is 10.0. The SMILES string of the molecule is O=C(Nc1ccccc1)NC1CCN(/C=C2/N=C(c3cccc4ccccc34)OC2=O)CC1. The van der Waals surface area contributed by atoms with Crippen molar-refractivity contribution in [2.45, 2.75) is 18.9 Å². The maximum atomic E-state index is 12.5. The lowest BCUT2D eigenvalue weighted by Gasteiger charge is -2.31. The van der Waals surface area contributed by atoms with E-state index < -0.39 is 5.97 Å². The normalized spacial score (nSPS) is 17.7. The molecule has 0 bridgehead atoms. The van der Waals surface area contributed by atoms with Gasteiger partial charge >= 0.3 is 12.0 Å². The Kier molecular flexibility index (Phi) is 5.76. The first-order valence-corrected chi connectivity index (χ1v) is 11.0. The average molecular weight is 441 g/mol. The van der Waals surface area contributed by atoms with Crippen molar-refractivity contribution in [3.8, 4) is 0 Å². The molecule has 2 amide bonds. The summed E-state index contributed by atoms with van der Waals surface area (Å²) in [4.78, 5) is 31.2. The molecule has 33 heavy (non-hydrogen) atoms. The number of fused-ring (bicyclic) bond motifs is 1. The molecule has 2 N–H and O–H groups in total. The number of hydrogen-bond donors (Lipinski definition) is 2. The minimum absolute atomic E-state index is 0.0774. The van der Waals surface area contributed by atoms with Gasteiger partial charge in [-0.05, 0) is 41.8 Å². The summed E-state index contributed by atoms with van der Waals surface area (Å²) < 4.78 is 5.49. The van der Waals surface area contributed by atoms with Crippen LogP contribution in [-0.2, 0) is 9.53 Å². The van der Waals surface area contributed by atoms with Crippen LogP contribution in [0.1, 0.15) is 18.4 Å². The Morgan fingerprint density at radius 3 is 2.52 bits per heavy atom. The maximum absolute atomic E-state index is 12.5. The van der Waals surface area contributed by atoms with Crippen LogP contribution in [0.5, 0.6) is 0 Å². The third kappa shape index (κ3) is 4.72. The van der Waals surface area contributed by atoms with Gasteiger partial charge in [0, 0.05) is 36.6 Å². The van der Waals surface area contributed by atoms with Crippen LogP contribution < -0.4 is 10.6 Å². The maximum Gasteiger partial charge on any atom is 0.365 e. The molecule has 2 aliphatic rings. The first kappa shape index (κ1) is 20.8. The molecule has 166 valence electrons. The van der Waals surface area contributed by atoms with E-state index in [2.05, 4.69) is 20.5 Å². The highest BCUT2D eigenvalue weighted by Gasteiger charge is 2.27. The van der Waals surface area contributed by atoms with Crippen LogP contribution in [0, 0.1) is 0 Å². The zero-order valence-corrected chi connectivity index (χ0v) is 18.0. The van der Waals surface area contributed by atoms with E-state index >= 15 is 0 Å². The van der Waals surface area contributed by atoms with Crippen LogP contribution in [-0.4, -0.2) is 41.9 Å². The fourth-order valence-electron chi connectivity index (χ4n) is 4.15. The van der Waals surface area contributed by atoms with E-state index in [9.17, 15) is 9.59 Å². The number of aliphatic imine (C=N–C) groups is 1. The fraction of sp³-hybridized carbons (Fsp3) is 0.192. The Bertz CT molecular complexity index is 1240. The molecule has 3 aromatic carbocycles. The van der Waals surface area contributed by atoms with Crippen LogP contribution in [0.15, 0.2) is 89.7 Å². The highest BCUT2D eigenvalue weighted by molar-refractivity contribution is 6.16. The molecule has 1 saturated heterocycles. The molecule has 0 spiro atoms. The van der Waals surface area contributed by atoms with E-state index in [0.29, 0.717) is 24.7 Å². The fourth-order valence-corrected chi connectivity index (χ4v) is 4.15. The van der Waals surface area contributed by atoms with Gasteiger partial charge in [-0.25, -0.2) is 14.6 Å². The molecule has 0 saturated carbocycles. The number of amides is 2. The van der Waals surface area contributed by atoms with Crippen molar-refractivity contribution >= 4 is 34.4 Å². The molecule has 0 atom stereocenters. The zero-order chi connectivity index (χ0) is 22.6. The molecule has 0 aliphatic carbocycles. The monoisotopic (exact) mass is 440 g/mol. The number of para-hydroxylation sites is 1. The second-order valence-corrected chi connectivity index (χ2v) is 8.12. The Hall–Kier alpha value is -4.13. The Balaban J connectivity index is 1.21. The molecule has 1 fully saturated rings. The zero-order valence-electron chi connectivity index (χ0n) is 18.0. The molecular formula is C26H24N4O3.